The number of hydrogen-bond acceptors (Lipinski definition) is 2. The quantitative estimate of drug-likeness (QED) is 0.809. The molecule has 0 amide bonds. The molecule has 0 radical (unpaired) electrons. The highest BCUT2D eigenvalue weighted by Gasteiger charge is 2.09. The smallest absolute Gasteiger partial charge is 0.195 e. The number of aromatic amines is 1. The number of hydrogen-bond donors (Lipinski definition) is 2. The van der Waals surface area contributed by atoms with Gasteiger partial charge in [-0.05, 0) is 31.0 Å². The van der Waals surface area contributed by atoms with Crippen molar-refractivity contribution in [1.29, 1.82) is 0 Å². The van der Waals surface area contributed by atoms with Gasteiger partial charge in [-0.3, -0.25) is 4.79 Å². The Morgan fingerprint density at radius 1 is 1.44 bits per heavy atom. The van der Waals surface area contributed by atoms with Gasteiger partial charge in [0.2, 0.25) is 0 Å². The van der Waals surface area contributed by atoms with Gasteiger partial charge in [-0.15, -0.1) is 0 Å². The van der Waals surface area contributed by atoms with Crippen molar-refractivity contribution < 1.29 is 5.11 Å². The maximum atomic E-state index is 12.1. The van der Waals surface area contributed by atoms with E-state index in [1.807, 2.05) is 25.1 Å². The third-order valence-electron chi connectivity index (χ3n) is 2.83. The molecule has 0 spiro atoms. The van der Waals surface area contributed by atoms with E-state index in [0.29, 0.717) is 10.9 Å². The molecule has 1 aromatic heterocycles. The fourth-order valence-electron chi connectivity index (χ4n) is 1.81. The second-order valence-corrected chi connectivity index (χ2v) is 3.98. The maximum absolute atomic E-state index is 12.1. The molecule has 84 valence electrons. The van der Waals surface area contributed by atoms with Crippen LogP contribution in [-0.2, 0) is 6.42 Å². The van der Waals surface area contributed by atoms with Crippen molar-refractivity contribution >= 4 is 10.9 Å². The van der Waals surface area contributed by atoms with Crippen LogP contribution < -0.4 is 5.43 Å². The first-order valence-electron chi connectivity index (χ1n) is 5.45. The van der Waals surface area contributed by atoms with Gasteiger partial charge in [-0.1, -0.05) is 13.0 Å². The molecule has 0 aliphatic rings. The van der Waals surface area contributed by atoms with Crippen molar-refractivity contribution in [3.63, 3.8) is 0 Å². The Labute approximate surface area is 93.7 Å². The van der Waals surface area contributed by atoms with Gasteiger partial charge in [-0.25, -0.2) is 0 Å². The zero-order valence-electron chi connectivity index (χ0n) is 9.45. The van der Waals surface area contributed by atoms with Gasteiger partial charge in [0.15, 0.2) is 5.43 Å². The van der Waals surface area contributed by atoms with Crippen LogP contribution in [0.3, 0.4) is 0 Å². The number of aromatic nitrogens is 1. The number of aliphatic hydroxyl groups is 1. The van der Waals surface area contributed by atoms with E-state index in [1.165, 1.54) is 0 Å². The first-order chi connectivity index (χ1) is 7.63. The van der Waals surface area contributed by atoms with E-state index < -0.39 is 6.10 Å². The van der Waals surface area contributed by atoms with Crippen molar-refractivity contribution in [2.24, 2.45) is 0 Å². The number of fused-ring (bicyclic) bond motifs is 1. The van der Waals surface area contributed by atoms with Crippen LogP contribution in [0.15, 0.2) is 29.2 Å². The molecule has 0 saturated carbocycles. The van der Waals surface area contributed by atoms with Gasteiger partial charge < -0.3 is 10.1 Å². The van der Waals surface area contributed by atoms with E-state index in [0.717, 1.165) is 17.5 Å². The molecule has 1 heterocycles. The standard InChI is InChI=1S/C13H15NO2/c1-3-9-4-5-12-10(6-9)13(16)11(7-14-12)8(2)15/h4-8,15H,3H2,1-2H3,(H,14,16). The summed E-state index contributed by atoms with van der Waals surface area (Å²) in [6.45, 7) is 3.65. The van der Waals surface area contributed by atoms with Crippen LogP contribution in [0.2, 0.25) is 0 Å². The summed E-state index contributed by atoms with van der Waals surface area (Å²) in [6.07, 6.45) is 1.74. The fraction of sp³-hybridized carbons (Fsp3) is 0.308. The highest BCUT2D eigenvalue weighted by molar-refractivity contribution is 5.79. The van der Waals surface area contributed by atoms with E-state index >= 15 is 0 Å². The molecular formula is C13H15NO2. The summed E-state index contributed by atoms with van der Waals surface area (Å²) in [7, 11) is 0. The molecule has 1 unspecified atom stereocenters. The normalized spacial score (nSPS) is 12.9. The topological polar surface area (TPSA) is 53.1 Å². The first kappa shape index (κ1) is 10.9. The highest BCUT2D eigenvalue weighted by Crippen LogP contribution is 2.14. The zero-order chi connectivity index (χ0) is 11.7. The summed E-state index contributed by atoms with van der Waals surface area (Å²) < 4.78 is 0. The number of H-pyrrole nitrogens is 1. The van der Waals surface area contributed by atoms with Gasteiger partial charge in [0.05, 0.1) is 6.10 Å². The van der Waals surface area contributed by atoms with Gasteiger partial charge in [0, 0.05) is 22.7 Å². The maximum Gasteiger partial charge on any atom is 0.195 e. The predicted molar refractivity (Wildman–Crippen MR) is 64.6 cm³/mol. The molecule has 2 N–H and O–H groups in total. The molecule has 1 atom stereocenters. The molecule has 16 heavy (non-hydrogen) atoms. The zero-order valence-corrected chi connectivity index (χ0v) is 9.45. The number of aryl methyl sites for hydroxylation is 1. The van der Waals surface area contributed by atoms with Crippen LogP contribution in [0.4, 0.5) is 0 Å². The number of rotatable bonds is 2. The minimum Gasteiger partial charge on any atom is -0.389 e. The lowest BCUT2D eigenvalue weighted by Crippen LogP contribution is -2.12. The molecular weight excluding hydrogens is 202 g/mol. The van der Waals surface area contributed by atoms with Crippen molar-refractivity contribution in [2.75, 3.05) is 0 Å². The third kappa shape index (κ3) is 1.74. The van der Waals surface area contributed by atoms with Crippen LogP contribution in [0, 0.1) is 0 Å². The molecule has 0 saturated heterocycles. The number of aliphatic hydroxyl groups excluding tert-OH is 1. The molecule has 2 aromatic rings. The van der Waals surface area contributed by atoms with E-state index in [4.69, 9.17) is 0 Å². The summed E-state index contributed by atoms with van der Waals surface area (Å²) in [5.41, 5.74) is 2.27. The third-order valence-corrected chi connectivity index (χ3v) is 2.83. The summed E-state index contributed by atoms with van der Waals surface area (Å²) in [5.74, 6) is 0. The molecule has 0 fully saturated rings. The fourth-order valence-corrected chi connectivity index (χ4v) is 1.81. The lowest BCUT2D eigenvalue weighted by molar-refractivity contribution is 0.198. The Morgan fingerprint density at radius 2 is 2.19 bits per heavy atom. The SMILES string of the molecule is CCc1ccc2[nH]cc(C(C)O)c(=O)c2c1. The lowest BCUT2D eigenvalue weighted by atomic mass is 10.1. The molecule has 3 heteroatoms. The van der Waals surface area contributed by atoms with Crippen molar-refractivity contribution in [3.05, 3.63) is 45.7 Å². The Balaban J connectivity index is 2.76. The number of nitrogens with one attached hydrogen (secondary N) is 1. The van der Waals surface area contributed by atoms with Crippen LogP contribution in [-0.4, -0.2) is 10.1 Å². The van der Waals surface area contributed by atoms with E-state index in [-0.39, 0.29) is 5.43 Å². The predicted octanol–water partition coefficient (Wildman–Crippen LogP) is 2.14. The molecule has 2 rings (SSSR count). The van der Waals surface area contributed by atoms with Crippen LogP contribution in [0.5, 0.6) is 0 Å². The Kier molecular flexibility index (Phi) is 2.79. The average molecular weight is 217 g/mol. The second kappa shape index (κ2) is 4.10. The lowest BCUT2D eigenvalue weighted by Gasteiger charge is -2.06. The molecule has 0 aliphatic heterocycles. The minimum atomic E-state index is -0.738. The van der Waals surface area contributed by atoms with Crippen LogP contribution in [0.25, 0.3) is 10.9 Å². The van der Waals surface area contributed by atoms with E-state index in [1.54, 1.807) is 13.1 Å². The van der Waals surface area contributed by atoms with Crippen LogP contribution >= 0.6 is 0 Å². The van der Waals surface area contributed by atoms with Gasteiger partial charge in [0.1, 0.15) is 0 Å². The van der Waals surface area contributed by atoms with Crippen molar-refractivity contribution in [1.82, 2.24) is 4.98 Å². The molecule has 0 aliphatic carbocycles. The van der Waals surface area contributed by atoms with E-state index in [2.05, 4.69) is 4.98 Å². The number of benzene rings is 1. The monoisotopic (exact) mass is 217 g/mol. The Hall–Kier alpha value is -1.61. The minimum absolute atomic E-state index is 0.0842. The Bertz CT molecular complexity index is 570. The highest BCUT2D eigenvalue weighted by atomic mass is 16.3. The van der Waals surface area contributed by atoms with Gasteiger partial charge in [-0.2, -0.15) is 0 Å². The second-order valence-electron chi connectivity index (χ2n) is 3.98. The molecule has 1 aromatic carbocycles. The molecule has 3 nitrogen and oxygen atoms in total. The largest absolute Gasteiger partial charge is 0.389 e. The van der Waals surface area contributed by atoms with Gasteiger partial charge >= 0.3 is 0 Å². The average Bonchev–Trinajstić information content (AvgIpc) is 2.28. The summed E-state index contributed by atoms with van der Waals surface area (Å²) >= 11 is 0. The van der Waals surface area contributed by atoms with Crippen molar-refractivity contribution in [2.45, 2.75) is 26.4 Å². The summed E-state index contributed by atoms with van der Waals surface area (Å²) in [4.78, 5) is 15.1. The van der Waals surface area contributed by atoms with E-state index in [9.17, 15) is 9.90 Å². The molecule has 0 bridgehead atoms. The van der Waals surface area contributed by atoms with Crippen LogP contribution in [0.1, 0.15) is 31.1 Å². The summed E-state index contributed by atoms with van der Waals surface area (Å²) in [6, 6.07) is 5.79. The first-order valence-corrected chi connectivity index (χ1v) is 5.45. The van der Waals surface area contributed by atoms with Gasteiger partial charge in [0.25, 0.3) is 0 Å². The number of pyridine rings is 1. The van der Waals surface area contributed by atoms with Crippen molar-refractivity contribution in [3.8, 4) is 0 Å². The Morgan fingerprint density at radius 3 is 2.81 bits per heavy atom. The summed E-state index contributed by atoms with van der Waals surface area (Å²) in [5, 5.41) is 10.1.